The summed E-state index contributed by atoms with van der Waals surface area (Å²) in [6.07, 6.45) is 3.96. The Kier molecular flexibility index (Phi) is 8.35. The summed E-state index contributed by atoms with van der Waals surface area (Å²) in [6, 6.07) is 10.1. The third kappa shape index (κ3) is 5.55. The van der Waals surface area contributed by atoms with E-state index in [9.17, 15) is 18.7 Å². The number of amidine groups is 1. The van der Waals surface area contributed by atoms with Crippen molar-refractivity contribution in [2.75, 3.05) is 32.2 Å². The normalized spacial score (nSPS) is 21.5. The molecule has 1 N–H and O–H groups in total. The number of hydrogen-bond donors (Lipinski definition) is 1. The van der Waals surface area contributed by atoms with Crippen LogP contribution in [0.4, 0.5) is 14.5 Å². The van der Waals surface area contributed by atoms with E-state index in [1.165, 1.54) is 37.3 Å². The van der Waals surface area contributed by atoms with Crippen LogP contribution in [-0.4, -0.2) is 55.1 Å². The molecule has 1 amide bonds. The number of hydrogen-bond acceptors (Lipinski definition) is 6. The van der Waals surface area contributed by atoms with E-state index in [2.05, 4.69) is 0 Å². The zero-order valence-electron chi connectivity index (χ0n) is 23.2. The Morgan fingerprint density at radius 2 is 1.76 bits per heavy atom. The number of aliphatic imine (C=N–C) groups is 1. The quantitative estimate of drug-likeness (QED) is 0.412. The number of para-hydroxylation sites is 1. The molecule has 10 heteroatoms. The first-order valence-corrected chi connectivity index (χ1v) is 13.9. The maximum absolute atomic E-state index is 14.9. The van der Waals surface area contributed by atoms with Crippen LogP contribution in [0.2, 0.25) is 0 Å². The predicted molar refractivity (Wildman–Crippen MR) is 155 cm³/mol. The number of likely N-dealkylation sites (tertiary alicyclic amines) is 1. The fourth-order valence-corrected chi connectivity index (χ4v) is 5.95. The second-order valence-electron chi connectivity index (χ2n) is 10.3. The molecule has 1 aliphatic carbocycles. The van der Waals surface area contributed by atoms with Gasteiger partial charge in [0.1, 0.15) is 40.2 Å². The van der Waals surface area contributed by atoms with E-state index >= 15 is 0 Å². The minimum atomic E-state index is -0.728. The molecule has 2 unspecified atom stereocenters. The molecule has 1 fully saturated rings. The number of aliphatic hydroxyl groups is 1. The van der Waals surface area contributed by atoms with E-state index in [1.54, 1.807) is 42.2 Å². The van der Waals surface area contributed by atoms with Crippen LogP contribution >= 0.6 is 11.6 Å². The van der Waals surface area contributed by atoms with Crippen LogP contribution in [0.15, 0.2) is 81.4 Å². The van der Waals surface area contributed by atoms with Gasteiger partial charge in [-0.1, -0.05) is 17.7 Å². The standard InChI is InChI=1S/C31H32ClF2N3O4/c1-18-27(30(38)36-15-14-20(17-36)23-7-4-6-21(32)16-24(23)34)31(39)37(28-25(40-2)8-5-9-26(28)41-3)29(35-18)19-10-12-22(33)13-11-19/h5,8-13,16,18,20,39H,4,6-7,14-15,17H2,1-3H3. The van der Waals surface area contributed by atoms with Gasteiger partial charge in [-0.15, -0.1) is 0 Å². The van der Waals surface area contributed by atoms with Gasteiger partial charge < -0.3 is 19.5 Å². The molecule has 0 saturated carbocycles. The van der Waals surface area contributed by atoms with E-state index in [4.69, 9.17) is 26.1 Å². The van der Waals surface area contributed by atoms with E-state index < -0.39 is 11.9 Å². The number of nitrogens with zero attached hydrogens (tertiary/aromatic N) is 3. The molecule has 1 saturated heterocycles. The lowest BCUT2D eigenvalue weighted by Crippen LogP contribution is -2.43. The highest BCUT2D eigenvalue weighted by Gasteiger charge is 2.40. The van der Waals surface area contributed by atoms with E-state index in [-0.39, 0.29) is 29.1 Å². The number of amides is 1. The van der Waals surface area contributed by atoms with Crippen LogP contribution in [0.1, 0.15) is 38.2 Å². The van der Waals surface area contributed by atoms with Gasteiger partial charge in [0.25, 0.3) is 5.91 Å². The summed E-state index contributed by atoms with van der Waals surface area (Å²) < 4.78 is 39.9. The molecule has 216 valence electrons. The van der Waals surface area contributed by atoms with E-state index in [1.807, 2.05) is 0 Å². The number of carbonyl (C=O) groups is 1. The number of aliphatic hydroxyl groups excluding tert-OH is 1. The summed E-state index contributed by atoms with van der Waals surface area (Å²) in [5.74, 6) is -0.559. The number of anilines is 1. The summed E-state index contributed by atoms with van der Waals surface area (Å²) in [5, 5.41) is 12.3. The van der Waals surface area contributed by atoms with Crippen LogP contribution in [0.25, 0.3) is 0 Å². The molecule has 0 spiro atoms. The van der Waals surface area contributed by atoms with Crippen molar-refractivity contribution >= 4 is 29.0 Å². The highest BCUT2D eigenvalue weighted by molar-refractivity contribution is 6.29. The van der Waals surface area contributed by atoms with Gasteiger partial charge in [0.2, 0.25) is 5.88 Å². The molecule has 5 rings (SSSR count). The smallest absolute Gasteiger partial charge is 0.257 e. The zero-order valence-corrected chi connectivity index (χ0v) is 23.9. The minimum Gasteiger partial charge on any atom is -0.494 e. The van der Waals surface area contributed by atoms with Gasteiger partial charge in [-0.3, -0.25) is 14.7 Å². The van der Waals surface area contributed by atoms with Crippen LogP contribution in [0, 0.1) is 11.7 Å². The number of ether oxygens (including phenoxy) is 2. The number of halogens is 3. The van der Waals surface area contributed by atoms with Crippen LogP contribution in [0.3, 0.4) is 0 Å². The van der Waals surface area contributed by atoms with Crippen molar-refractivity contribution in [3.05, 3.63) is 87.8 Å². The summed E-state index contributed by atoms with van der Waals surface area (Å²) in [7, 11) is 2.97. The van der Waals surface area contributed by atoms with Crippen molar-refractivity contribution in [1.29, 1.82) is 0 Å². The molecule has 7 nitrogen and oxygen atoms in total. The Morgan fingerprint density at radius 3 is 2.41 bits per heavy atom. The first-order chi connectivity index (χ1) is 19.7. The Hall–Kier alpha value is -3.85. The molecule has 41 heavy (non-hydrogen) atoms. The monoisotopic (exact) mass is 583 g/mol. The van der Waals surface area contributed by atoms with Gasteiger partial charge in [-0.05, 0) is 80.7 Å². The molecule has 2 aliphatic heterocycles. The van der Waals surface area contributed by atoms with E-state index in [0.29, 0.717) is 71.5 Å². The van der Waals surface area contributed by atoms with Crippen molar-refractivity contribution < 1.29 is 28.2 Å². The first-order valence-electron chi connectivity index (χ1n) is 13.5. The number of carbonyl (C=O) groups excluding carboxylic acids is 1. The molecule has 2 aromatic carbocycles. The fourth-order valence-electron chi connectivity index (χ4n) is 5.72. The second-order valence-corrected chi connectivity index (χ2v) is 10.8. The van der Waals surface area contributed by atoms with Gasteiger partial charge in [-0.25, -0.2) is 8.78 Å². The van der Waals surface area contributed by atoms with Gasteiger partial charge in [-0.2, -0.15) is 0 Å². The summed E-state index contributed by atoms with van der Waals surface area (Å²) in [5.41, 5.74) is 1.63. The highest BCUT2D eigenvalue weighted by Crippen LogP contribution is 2.43. The molecule has 0 radical (unpaired) electrons. The molecule has 2 heterocycles. The van der Waals surface area contributed by atoms with Crippen LogP contribution < -0.4 is 14.4 Å². The lowest BCUT2D eigenvalue weighted by molar-refractivity contribution is -0.126. The van der Waals surface area contributed by atoms with Gasteiger partial charge in [0.15, 0.2) is 0 Å². The zero-order chi connectivity index (χ0) is 29.3. The Balaban J connectivity index is 1.55. The third-order valence-corrected chi connectivity index (χ3v) is 8.07. The molecule has 2 atom stereocenters. The van der Waals surface area contributed by atoms with Crippen molar-refractivity contribution in [3.8, 4) is 11.5 Å². The molecule has 2 aromatic rings. The SMILES string of the molecule is COc1cccc(OC)c1N1C(c2ccc(F)cc2)=NC(C)C(C(=O)N2CCC(C3=C(F)C=C(Cl)CCC3)C2)=C1O. The lowest BCUT2D eigenvalue weighted by atomic mass is 9.93. The second kappa shape index (κ2) is 11.9. The van der Waals surface area contributed by atoms with Gasteiger partial charge >= 0.3 is 0 Å². The fraction of sp³-hybridized carbons (Fsp3) is 0.355. The number of rotatable bonds is 6. The maximum atomic E-state index is 14.9. The van der Waals surface area contributed by atoms with E-state index in [0.717, 1.165) is 6.42 Å². The Bertz CT molecular complexity index is 1450. The molecule has 0 bridgehead atoms. The van der Waals surface area contributed by atoms with Crippen molar-refractivity contribution in [2.45, 2.75) is 38.6 Å². The lowest BCUT2D eigenvalue weighted by Gasteiger charge is -2.35. The maximum Gasteiger partial charge on any atom is 0.257 e. The minimum absolute atomic E-state index is 0.0859. The Labute approximate surface area is 243 Å². The van der Waals surface area contributed by atoms with Crippen LogP contribution in [0.5, 0.6) is 11.5 Å². The summed E-state index contributed by atoms with van der Waals surface area (Å²) in [4.78, 5) is 21.8. The molecule has 3 aliphatic rings. The number of methoxy groups -OCH3 is 2. The Morgan fingerprint density at radius 1 is 1.07 bits per heavy atom. The highest BCUT2D eigenvalue weighted by atomic mass is 35.5. The number of allylic oxidation sites excluding steroid dienone is 3. The molecular formula is C31H32ClF2N3O4. The molecular weight excluding hydrogens is 552 g/mol. The molecule has 0 aromatic heterocycles. The summed E-state index contributed by atoms with van der Waals surface area (Å²) in [6.45, 7) is 2.45. The largest absolute Gasteiger partial charge is 0.494 e. The van der Waals surface area contributed by atoms with Crippen molar-refractivity contribution in [2.24, 2.45) is 10.9 Å². The van der Waals surface area contributed by atoms with Gasteiger partial charge in [0.05, 0.1) is 20.3 Å². The van der Waals surface area contributed by atoms with Gasteiger partial charge in [0, 0.05) is 29.6 Å². The average Bonchev–Trinajstić information content (AvgIpc) is 3.38. The first kappa shape index (κ1) is 28.7. The average molecular weight is 584 g/mol. The third-order valence-electron chi connectivity index (χ3n) is 7.78. The van der Waals surface area contributed by atoms with Crippen LogP contribution in [-0.2, 0) is 4.79 Å². The summed E-state index contributed by atoms with van der Waals surface area (Å²) >= 11 is 6.11. The predicted octanol–water partition coefficient (Wildman–Crippen LogP) is 6.65. The number of benzene rings is 2. The topological polar surface area (TPSA) is 74.6 Å². The van der Waals surface area contributed by atoms with Crippen molar-refractivity contribution in [1.82, 2.24) is 4.90 Å². The van der Waals surface area contributed by atoms with Crippen molar-refractivity contribution in [3.63, 3.8) is 0 Å².